The van der Waals surface area contributed by atoms with Gasteiger partial charge in [0.05, 0.1) is 16.8 Å². The van der Waals surface area contributed by atoms with E-state index in [4.69, 9.17) is 10.4 Å². The van der Waals surface area contributed by atoms with Crippen LogP contribution in [0.2, 0.25) is 0 Å². The number of nitrogens with one attached hydrogen (secondary N) is 1. The van der Waals surface area contributed by atoms with Gasteiger partial charge in [-0.15, -0.1) is 0 Å². The fraction of sp³-hybridized carbons (Fsp3) is 0. The van der Waals surface area contributed by atoms with Crippen LogP contribution in [0.15, 0.2) is 59.5 Å². The van der Waals surface area contributed by atoms with Crippen molar-refractivity contribution in [1.29, 1.82) is 5.26 Å². The first-order valence-electron chi connectivity index (χ1n) is 7.07. The summed E-state index contributed by atoms with van der Waals surface area (Å²) in [6.07, 6.45) is 0. The number of carboxylic acid groups (broad SMARTS) is 1. The van der Waals surface area contributed by atoms with E-state index >= 15 is 0 Å². The number of fused-ring (bicyclic) bond motifs is 1. The maximum atomic E-state index is 12.6. The van der Waals surface area contributed by atoms with Crippen LogP contribution < -0.4 is 4.72 Å². The van der Waals surface area contributed by atoms with Crippen molar-refractivity contribution in [2.24, 2.45) is 0 Å². The molecule has 25 heavy (non-hydrogen) atoms. The van der Waals surface area contributed by atoms with Gasteiger partial charge in [-0.25, -0.2) is 18.2 Å². The highest BCUT2D eigenvalue weighted by atomic mass is 32.2. The minimum Gasteiger partial charge on any atom is -0.477 e. The molecule has 0 fully saturated rings. The Labute approximate surface area is 143 Å². The number of sulfonamides is 1. The third-order valence-corrected chi connectivity index (χ3v) is 4.90. The first-order chi connectivity index (χ1) is 11.9. The molecule has 0 spiro atoms. The van der Waals surface area contributed by atoms with Crippen molar-refractivity contribution in [1.82, 2.24) is 4.98 Å². The molecule has 0 amide bonds. The van der Waals surface area contributed by atoms with E-state index in [1.165, 1.54) is 30.3 Å². The molecule has 0 bridgehead atoms. The molecule has 1 heterocycles. The number of hydrogen-bond donors (Lipinski definition) is 2. The SMILES string of the molecule is N#Cc1ccccc1S(=O)(=O)Nc1cccc2ccc(C(=O)O)nc12. The zero-order valence-electron chi connectivity index (χ0n) is 12.7. The Morgan fingerprint density at radius 2 is 1.84 bits per heavy atom. The summed E-state index contributed by atoms with van der Waals surface area (Å²) in [5, 5.41) is 18.8. The molecule has 2 aromatic carbocycles. The number of carboxylic acids is 1. The summed E-state index contributed by atoms with van der Waals surface area (Å²) in [7, 11) is -4.04. The summed E-state index contributed by atoms with van der Waals surface area (Å²) in [6, 6.07) is 15.3. The second-order valence-electron chi connectivity index (χ2n) is 5.09. The van der Waals surface area contributed by atoms with Gasteiger partial charge >= 0.3 is 5.97 Å². The topological polar surface area (TPSA) is 120 Å². The molecule has 8 heteroatoms. The van der Waals surface area contributed by atoms with Crippen molar-refractivity contribution in [3.05, 3.63) is 65.9 Å². The lowest BCUT2D eigenvalue weighted by Gasteiger charge is -2.11. The van der Waals surface area contributed by atoms with E-state index in [0.29, 0.717) is 5.39 Å². The quantitative estimate of drug-likeness (QED) is 0.744. The van der Waals surface area contributed by atoms with Crippen LogP contribution in [0.25, 0.3) is 10.9 Å². The molecule has 7 nitrogen and oxygen atoms in total. The molecule has 1 aromatic heterocycles. The van der Waals surface area contributed by atoms with E-state index in [0.717, 1.165) is 0 Å². The largest absolute Gasteiger partial charge is 0.477 e. The predicted octanol–water partition coefficient (Wildman–Crippen LogP) is 2.61. The number of rotatable bonds is 4. The molecule has 3 aromatic rings. The molecule has 124 valence electrons. The minimum atomic E-state index is -4.04. The van der Waals surface area contributed by atoms with E-state index in [1.807, 2.05) is 6.07 Å². The Bertz CT molecular complexity index is 1130. The van der Waals surface area contributed by atoms with Crippen molar-refractivity contribution in [3.8, 4) is 6.07 Å². The van der Waals surface area contributed by atoms with Gasteiger partial charge in [0.25, 0.3) is 10.0 Å². The van der Waals surface area contributed by atoms with Gasteiger partial charge in [0.15, 0.2) is 0 Å². The van der Waals surface area contributed by atoms with Crippen LogP contribution in [0, 0.1) is 11.3 Å². The fourth-order valence-electron chi connectivity index (χ4n) is 2.34. The van der Waals surface area contributed by atoms with Crippen molar-refractivity contribution in [3.63, 3.8) is 0 Å². The van der Waals surface area contributed by atoms with E-state index < -0.39 is 16.0 Å². The Morgan fingerprint density at radius 3 is 2.56 bits per heavy atom. The number of aromatic nitrogens is 1. The average molecular weight is 353 g/mol. The monoisotopic (exact) mass is 353 g/mol. The molecular formula is C17H11N3O4S. The summed E-state index contributed by atoms with van der Waals surface area (Å²) >= 11 is 0. The molecule has 0 aliphatic heterocycles. The van der Waals surface area contributed by atoms with Crippen LogP contribution >= 0.6 is 0 Å². The number of anilines is 1. The van der Waals surface area contributed by atoms with Gasteiger partial charge in [0, 0.05) is 5.39 Å². The summed E-state index contributed by atoms with van der Waals surface area (Å²) in [5.74, 6) is -1.21. The molecule has 0 aliphatic carbocycles. The van der Waals surface area contributed by atoms with Crippen LogP contribution in [0.1, 0.15) is 16.1 Å². The fourth-order valence-corrected chi connectivity index (χ4v) is 3.57. The van der Waals surface area contributed by atoms with Gasteiger partial charge < -0.3 is 5.11 Å². The zero-order valence-corrected chi connectivity index (χ0v) is 13.5. The second kappa shape index (κ2) is 6.22. The summed E-state index contributed by atoms with van der Waals surface area (Å²) in [4.78, 5) is 14.9. The highest BCUT2D eigenvalue weighted by Crippen LogP contribution is 2.25. The molecule has 3 rings (SSSR count). The molecule has 0 atom stereocenters. The molecule has 0 saturated heterocycles. The van der Waals surface area contributed by atoms with E-state index in [9.17, 15) is 13.2 Å². The average Bonchev–Trinajstić information content (AvgIpc) is 2.61. The Hall–Kier alpha value is -3.44. The van der Waals surface area contributed by atoms with Crippen LogP contribution in [0.5, 0.6) is 0 Å². The second-order valence-corrected chi connectivity index (χ2v) is 6.74. The number of nitrogens with zero attached hydrogens (tertiary/aromatic N) is 2. The maximum Gasteiger partial charge on any atom is 0.354 e. The molecular weight excluding hydrogens is 342 g/mol. The summed E-state index contributed by atoms with van der Waals surface area (Å²) in [6.45, 7) is 0. The Kier molecular flexibility index (Phi) is 4.09. The number of nitriles is 1. The lowest BCUT2D eigenvalue weighted by molar-refractivity contribution is 0.0691. The van der Waals surface area contributed by atoms with Gasteiger partial charge in [-0.1, -0.05) is 30.3 Å². The van der Waals surface area contributed by atoms with Gasteiger partial charge in [0.2, 0.25) is 0 Å². The number of pyridine rings is 1. The molecule has 0 aliphatic rings. The number of aromatic carboxylic acids is 1. The standard InChI is InChI=1S/C17H11N3O4S/c18-10-12-4-1-2-7-15(12)25(23,24)20-13-6-3-5-11-8-9-14(17(21)22)19-16(11)13/h1-9,20H,(H,21,22). The number of hydrogen-bond acceptors (Lipinski definition) is 5. The summed E-state index contributed by atoms with van der Waals surface area (Å²) < 4.78 is 27.7. The first-order valence-corrected chi connectivity index (χ1v) is 8.56. The zero-order chi connectivity index (χ0) is 18.0. The van der Waals surface area contributed by atoms with Crippen molar-refractivity contribution >= 4 is 32.6 Å². The van der Waals surface area contributed by atoms with Gasteiger partial charge in [-0.3, -0.25) is 4.72 Å². The van der Waals surface area contributed by atoms with Crippen molar-refractivity contribution < 1.29 is 18.3 Å². The van der Waals surface area contributed by atoms with Gasteiger partial charge in [-0.05, 0) is 24.3 Å². The van der Waals surface area contributed by atoms with Crippen LogP contribution in [0.3, 0.4) is 0 Å². The molecule has 0 unspecified atom stereocenters. The van der Waals surface area contributed by atoms with E-state index in [-0.39, 0.29) is 27.4 Å². The molecule has 2 N–H and O–H groups in total. The maximum absolute atomic E-state index is 12.6. The van der Waals surface area contributed by atoms with Gasteiger partial charge in [0.1, 0.15) is 16.7 Å². The molecule has 0 radical (unpaired) electrons. The molecule has 0 saturated carbocycles. The normalized spacial score (nSPS) is 11.0. The number of benzene rings is 2. The van der Waals surface area contributed by atoms with Crippen LogP contribution in [-0.2, 0) is 10.0 Å². The number of para-hydroxylation sites is 1. The smallest absolute Gasteiger partial charge is 0.354 e. The van der Waals surface area contributed by atoms with E-state index in [1.54, 1.807) is 24.3 Å². The van der Waals surface area contributed by atoms with Crippen molar-refractivity contribution in [2.75, 3.05) is 4.72 Å². The minimum absolute atomic E-state index is 0.00872. The highest BCUT2D eigenvalue weighted by Gasteiger charge is 2.20. The first kappa shape index (κ1) is 16.4. The third kappa shape index (κ3) is 3.13. The third-order valence-electron chi connectivity index (χ3n) is 3.48. The lowest BCUT2D eigenvalue weighted by atomic mass is 10.2. The van der Waals surface area contributed by atoms with Crippen molar-refractivity contribution in [2.45, 2.75) is 4.90 Å². The Morgan fingerprint density at radius 1 is 1.08 bits per heavy atom. The lowest BCUT2D eigenvalue weighted by Crippen LogP contribution is -2.15. The highest BCUT2D eigenvalue weighted by molar-refractivity contribution is 7.92. The summed E-state index contributed by atoms with van der Waals surface area (Å²) in [5.41, 5.74) is 0.153. The Balaban J connectivity index is 2.13. The van der Waals surface area contributed by atoms with E-state index in [2.05, 4.69) is 9.71 Å². The predicted molar refractivity (Wildman–Crippen MR) is 90.7 cm³/mol. The van der Waals surface area contributed by atoms with Crippen LogP contribution in [0.4, 0.5) is 5.69 Å². The van der Waals surface area contributed by atoms with Gasteiger partial charge in [-0.2, -0.15) is 5.26 Å². The number of carbonyl (C=O) groups is 1. The van der Waals surface area contributed by atoms with Crippen LogP contribution in [-0.4, -0.2) is 24.5 Å².